The first-order valence-electron chi connectivity index (χ1n) is 14.3. The highest BCUT2D eigenvalue weighted by atomic mass is 35.5. The third kappa shape index (κ3) is 8.24. The van der Waals surface area contributed by atoms with E-state index in [4.69, 9.17) is 34.8 Å². The predicted molar refractivity (Wildman–Crippen MR) is 173 cm³/mol. The lowest BCUT2D eigenvalue weighted by atomic mass is 9.95. The van der Waals surface area contributed by atoms with Crippen molar-refractivity contribution in [3.63, 3.8) is 0 Å². The highest BCUT2D eigenvalue weighted by Crippen LogP contribution is 2.29. The molecule has 1 atom stereocenters. The molecule has 0 radical (unpaired) electrons. The molecule has 43 heavy (non-hydrogen) atoms. The van der Waals surface area contributed by atoms with Gasteiger partial charge in [0.1, 0.15) is 12.6 Å². The summed E-state index contributed by atoms with van der Waals surface area (Å²) in [5.74, 6) is -0.864. The van der Waals surface area contributed by atoms with Gasteiger partial charge in [0.25, 0.3) is 10.0 Å². The second-order valence-electron chi connectivity index (χ2n) is 11.0. The maximum Gasteiger partial charge on any atom is 0.264 e. The fourth-order valence-corrected chi connectivity index (χ4v) is 6.99. The molecule has 1 saturated carbocycles. The second-order valence-corrected chi connectivity index (χ2v) is 14.1. The molecule has 1 unspecified atom stereocenters. The van der Waals surface area contributed by atoms with Crippen molar-refractivity contribution in [2.24, 2.45) is 0 Å². The van der Waals surface area contributed by atoms with Crippen LogP contribution in [0.15, 0.2) is 65.6 Å². The molecule has 0 bridgehead atoms. The summed E-state index contributed by atoms with van der Waals surface area (Å²) >= 11 is 18.8. The number of nitrogens with zero attached hydrogens (tertiary/aromatic N) is 2. The van der Waals surface area contributed by atoms with Crippen molar-refractivity contribution in [3.8, 4) is 0 Å². The number of halogens is 3. The maximum absolute atomic E-state index is 14.2. The van der Waals surface area contributed by atoms with Gasteiger partial charge in [0.15, 0.2) is 0 Å². The van der Waals surface area contributed by atoms with Gasteiger partial charge in [-0.05, 0) is 81.1 Å². The quantitative estimate of drug-likeness (QED) is 0.246. The van der Waals surface area contributed by atoms with Crippen molar-refractivity contribution in [2.75, 3.05) is 10.8 Å². The first kappa shape index (κ1) is 33.1. The van der Waals surface area contributed by atoms with E-state index in [1.165, 1.54) is 23.1 Å². The third-order valence-electron chi connectivity index (χ3n) is 7.79. The summed E-state index contributed by atoms with van der Waals surface area (Å²) in [6.07, 6.45) is 4.98. The van der Waals surface area contributed by atoms with Crippen LogP contribution in [0.3, 0.4) is 0 Å². The molecule has 1 aliphatic rings. The molecule has 3 aromatic carbocycles. The topological polar surface area (TPSA) is 86.8 Å². The van der Waals surface area contributed by atoms with Gasteiger partial charge >= 0.3 is 0 Å². The smallest absolute Gasteiger partial charge is 0.264 e. The Morgan fingerprint density at radius 1 is 0.884 bits per heavy atom. The fraction of sp³-hybridized carbons (Fsp3) is 0.375. The van der Waals surface area contributed by atoms with Crippen LogP contribution in [0.1, 0.15) is 55.7 Å². The molecule has 0 spiro atoms. The van der Waals surface area contributed by atoms with Gasteiger partial charge in [-0.3, -0.25) is 13.9 Å². The van der Waals surface area contributed by atoms with Crippen LogP contribution in [0.2, 0.25) is 15.1 Å². The van der Waals surface area contributed by atoms with E-state index >= 15 is 0 Å². The standard InChI is InChI=1S/C32H36Cl3N3O4S/c1-21-9-14-27(15-10-21)43(41,42)38(26-13-11-22(2)29(34)18-26)20-31(39)37(19-24-12-16-28(33)30(35)17-24)23(3)32(40)36-25-7-5-4-6-8-25/h9-18,23,25H,4-8,19-20H2,1-3H3,(H,36,40). The van der Waals surface area contributed by atoms with E-state index in [1.54, 1.807) is 49.4 Å². The number of rotatable bonds is 10. The Labute approximate surface area is 269 Å². The summed E-state index contributed by atoms with van der Waals surface area (Å²) in [7, 11) is -4.19. The first-order valence-corrected chi connectivity index (χ1v) is 16.8. The third-order valence-corrected chi connectivity index (χ3v) is 10.7. The van der Waals surface area contributed by atoms with Crippen LogP contribution in [-0.2, 0) is 26.2 Å². The summed E-state index contributed by atoms with van der Waals surface area (Å²) in [6.45, 7) is 4.77. The fourth-order valence-electron chi connectivity index (χ4n) is 5.09. The molecule has 2 amide bonds. The number of hydrogen-bond acceptors (Lipinski definition) is 4. The molecule has 0 saturated heterocycles. The minimum Gasteiger partial charge on any atom is -0.352 e. The van der Waals surface area contributed by atoms with Crippen LogP contribution in [0.4, 0.5) is 5.69 Å². The zero-order chi connectivity index (χ0) is 31.3. The summed E-state index contributed by atoms with van der Waals surface area (Å²) in [6, 6.07) is 15.4. The molecule has 3 aromatic rings. The number of benzene rings is 3. The molecule has 1 aliphatic carbocycles. The van der Waals surface area contributed by atoms with Gasteiger partial charge in [0.2, 0.25) is 11.8 Å². The molecule has 11 heteroatoms. The van der Waals surface area contributed by atoms with Gasteiger partial charge in [-0.25, -0.2) is 8.42 Å². The Bertz CT molecular complexity index is 1580. The van der Waals surface area contributed by atoms with Gasteiger partial charge in [-0.2, -0.15) is 0 Å². The van der Waals surface area contributed by atoms with Crippen molar-refractivity contribution in [1.82, 2.24) is 10.2 Å². The second kappa shape index (κ2) is 14.3. The van der Waals surface area contributed by atoms with Gasteiger partial charge in [-0.15, -0.1) is 0 Å². The number of anilines is 1. The van der Waals surface area contributed by atoms with Crippen LogP contribution in [-0.4, -0.2) is 43.8 Å². The minimum atomic E-state index is -4.19. The van der Waals surface area contributed by atoms with Gasteiger partial charge in [0, 0.05) is 17.6 Å². The largest absolute Gasteiger partial charge is 0.352 e. The Hall–Kier alpha value is -2.78. The molecular formula is C32H36Cl3N3O4S. The lowest BCUT2D eigenvalue weighted by Gasteiger charge is -2.33. The van der Waals surface area contributed by atoms with E-state index in [0.29, 0.717) is 20.6 Å². The molecule has 7 nitrogen and oxygen atoms in total. The number of carbonyl (C=O) groups excluding carboxylic acids is 2. The summed E-state index contributed by atoms with van der Waals surface area (Å²) < 4.78 is 29.1. The molecule has 0 aliphatic heterocycles. The number of aryl methyl sites for hydroxylation is 2. The summed E-state index contributed by atoms with van der Waals surface area (Å²) in [5, 5.41) is 4.12. The highest BCUT2D eigenvalue weighted by molar-refractivity contribution is 7.92. The Morgan fingerprint density at radius 2 is 1.56 bits per heavy atom. The Kier molecular flexibility index (Phi) is 11.0. The van der Waals surface area contributed by atoms with Crippen molar-refractivity contribution in [2.45, 2.75) is 76.4 Å². The molecule has 0 heterocycles. The zero-order valence-electron chi connectivity index (χ0n) is 24.4. The molecular weight excluding hydrogens is 629 g/mol. The normalized spacial score (nSPS) is 14.7. The number of amides is 2. The predicted octanol–water partition coefficient (Wildman–Crippen LogP) is 7.33. The number of nitrogens with one attached hydrogen (secondary N) is 1. The first-order chi connectivity index (χ1) is 20.4. The van der Waals surface area contributed by atoms with E-state index in [1.807, 2.05) is 13.8 Å². The Morgan fingerprint density at radius 3 is 2.19 bits per heavy atom. The number of hydrogen-bond donors (Lipinski definition) is 1. The van der Waals surface area contributed by atoms with Gasteiger partial charge in [0.05, 0.1) is 20.6 Å². The van der Waals surface area contributed by atoms with E-state index in [2.05, 4.69) is 5.32 Å². The van der Waals surface area contributed by atoms with E-state index < -0.39 is 28.5 Å². The monoisotopic (exact) mass is 663 g/mol. The SMILES string of the molecule is Cc1ccc(S(=O)(=O)N(CC(=O)N(Cc2ccc(Cl)c(Cl)c2)C(C)C(=O)NC2CCCCC2)c2ccc(C)c(Cl)c2)cc1. The van der Waals surface area contributed by atoms with Gasteiger partial charge in [-0.1, -0.05) is 83.9 Å². The molecule has 1 N–H and O–H groups in total. The number of carbonyl (C=O) groups is 2. The average molecular weight is 665 g/mol. The molecule has 1 fully saturated rings. The maximum atomic E-state index is 14.2. The van der Waals surface area contributed by atoms with Crippen LogP contribution in [0.5, 0.6) is 0 Å². The molecule has 0 aromatic heterocycles. The minimum absolute atomic E-state index is 0.0159. The average Bonchev–Trinajstić information content (AvgIpc) is 2.98. The van der Waals surface area contributed by atoms with Crippen LogP contribution in [0, 0.1) is 13.8 Å². The Balaban J connectivity index is 1.71. The van der Waals surface area contributed by atoms with E-state index in [-0.39, 0.29) is 29.1 Å². The van der Waals surface area contributed by atoms with E-state index in [9.17, 15) is 18.0 Å². The van der Waals surface area contributed by atoms with Crippen molar-refractivity contribution < 1.29 is 18.0 Å². The lowest BCUT2D eigenvalue weighted by molar-refractivity contribution is -0.139. The summed E-state index contributed by atoms with van der Waals surface area (Å²) in [5.41, 5.74) is 2.54. The molecule has 4 rings (SSSR count). The molecule has 230 valence electrons. The van der Waals surface area contributed by atoms with Crippen LogP contribution >= 0.6 is 34.8 Å². The van der Waals surface area contributed by atoms with Crippen LogP contribution in [0.25, 0.3) is 0 Å². The van der Waals surface area contributed by atoms with Crippen molar-refractivity contribution in [3.05, 3.63) is 92.4 Å². The number of sulfonamides is 1. The highest BCUT2D eigenvalue weighted by Gasteiger charge is 2.33. The van der Waals surface area contributed by atoms with E-state index in [0.717, 1.165) is 47.5 Å². The van der Waals surface area contributed by atoms with Crippen molar-refractivity contribution >= 4 is 62.3 Å². The van der Waals surface area contributed by atoms with Gasteiger partial charge < -0.3 is 10.2 Å². The van der Waals surface area contributed by atoms with Crippen LogP contribution < -0.4 is 9.62 Å². The zero-order valence-corrected chi connectivity index (χ0v) is 27.5. The summed E-state index contributed by atoms with van der Waals surface area (Å²) in [4.78, 5) is 29.0. The van der Waals surface area contributed by atoms with Crippen molar-refractivity contribution in [1.29, 1.82) is 0 Å². The lowest BCUT2D eigenvalue weighted by Crippen LogP contribution is -2.53.